The predicted molar refractivity (Wildman–Crippen MR) is 78.9 cm³/mol. The Hall–Kier alpha value is -1.15. The van der Waals surface area contributed by atoms with Gasteiger partial charge in [0.1, 0.15) is 12.6 Å². The number of benzene rings is 1. The number of carboxylic acid groups (broad SMARTS) is 1. The average Bonchev–Trinajstić information content (AvgIpc) is 2.38. The average molecular weight is 377 g/mol. The Kier molecular flexibility index (Phi) is 6.79. The number of rotatable bonds is 7. The van der Waals surface area contributed by atoms with Crippen molar-refractivity contribution in [1.82, 2.24) is 5.32 Å². The monoisotopic (exact) mass is 377 g/mol. The van der Waals surface area contributed by atoms with E-state index in [0.29, 0.717) is 6.61 Å². The first-order valence-electron chi connectivity index (χ1n) is 5.87. The van der Waals surface area contributed by atoms with Gasteiger partial charge in [-0.3, -0.25) is 4.79 Å². The normalized spacial score (nSPS) is 11.9. The van der Waals surface area contributed by atoms with Crippen LogP contribution in [-0.2, 0) is 20.7 Å². The van der Waals surface area contributed by atoms with Crippen LogP contribution in [-0.4, -0.2) is 36.2 Å². The van der Waals surface area contributed by atoms with Crippen molar-refractivity contribution in [3.8, 4) is 0 Å². The van der Waals surface area contributed by atoms with Crippen molar-refractivity contribution in [3.05, 3.63) is 33.4 Å². The molecule has 1 atom stereocenters. The van der Waals surface area contributed by atoms with Crippen molar-refractivity contribution in [2.75, 3.05) is 13.2 Å². The summed E-state index contributed by atoms with van der Waals surface area (Å²) in [7, 11) is 0. The molecular weight excluding hydrogens is 361 g/mol. The molecule has 1 aromatic rings. The number of amides is 1. The molecule has 0 radical (unpaired) electrons. The standard InChI is InChI=1S/C13H16INO4/c1-2-19-8-12(16)15-11(13(17)18)7-9-3-5-10(14)6-4-9/h3-6,11H,2,7-8H2,1H3,(H,15,16)(H,17,18)/t11-/m0/s1. The molecule has 104 valence electrons. The van der Waals surface area contributed by atoms with E-state index in [1.165, 1.54) is 0 Å². The van der Waals surface area contributed by atoms with Crippen LogP contribution in [0.4, 0.5) is 0 Å². The number of ether oxygens (including phenoxy) is 1. The molecule has 0 spiro atoms. The third-order valence-corrected chi connectivity index (χ3v) is 3.14. The molecule has 0 fully saturated rings. The van der Waals surface area contributed by atoms with Gasteiger partial charge in [-0.05, 0) is 47.2 Å². The first-order valence-corrected chi connectivity index (χ1v) is 6.95. The molecule has 1 aromatic carbocycles. The minimum atomic E-state index is -1.05. The van der Waals surface area contributed by atoms with Gasteiger partial charge < -0.3 is 15.2 Å². The van der Waals surface area contributed by atoms with Crippen molar-refractivity contribution in [3.63, 3.8) is 0 Å². The van der Waals surface area contributed by atoms with Gasteiger partial charge in [-0.25, -0.2) is 4.79 Å². The maximum atomic E-state index is 11.5. The molecule has 0 heterocycles. The summed E-state index contributed by atoms with van der Waals surface area (Å²) in [5, 5.41) is 11.6. The summed E-state index contributed by atoms with van der Waals surface area (Å²) in [6.45, 7) is 2.07. The fraction of sp³-hybridized carbons (Fsp3) is 0.385. The van der Waals surface area contributed by atoms with Gasteiger partial charge in [0, 0.05) is 16.6 Å². The molecule has 0 unspecified atom stereocenters. The molecule has 1 rings (SSSR count). The molecule has 0 aliphatic carbocycles. The molecule has 6 heteroatoms. The number of hydrogen-bond donors (Lipinski definition) is 2. The zero-order valence-corrected chi connectivity index (χ0v) is 12.7. The van der Waals surface area contributed by atoms with Crippen LogP contribution < -0.4 is 5.32 Å². The van der Waals surface area contributed by atoms with Gasteiger partial charge >= 0.3 is 5.97 Å². The fourth-order valence-electron chi connectivity index (χ4n) is 1.49. The minimum absolute atomic E-state index is 0.118. The second-order valence-electron chi connectivity index (χ2n) is 3.93. The summed E-state index contributed by atoms with van der Waals surface area (Å²) in [5.74, 6) is -1.47. The Labute approximate surface area is 125 Å². The van der Waals surface area contributed by atoms with Gasteiger partial charge in [0.2, 0.25) is 5.91 Å². The van der Waals surface area contributed by atoms with E-state index < -0.39 is 17.9 Å². The van der Waals surface area contributed by atoms with Crippen LogP contribution in [0.25, 0.3) is 0 Å². The lowest BCUT2D eigenvalue weighted by Crippen LogP contribution is -2.43. The summed E-state index contributed by atoms with van der Waals surface area (Å²) in [4.78, 5) is 22.6. The van der Waals surface area contributed by atoms with Gasteiger partial charge in [0.15, 0.2) is 0 Å². The number of nitrogens with one attached hydrogen (secondary N) is 1. The minimum Gasteiger partial charge on any atom is -0.480 e. The maximum Gasteiger partial charge on any atom is 0.326 e. The highest BCUT2D eigenvalue weighted by Crippen LogP contribution is 2.09. The van der Waals surface area contributed by atoms with Crippen molar-refractivity contribution in [1.29, 1.82) is 0 Å². The SMILES string of the molecule is CCOCC(=O)N[C@@H](Cc1ccc(I)cc1)C(=O)O. The van der Waals surface area contributed by atoms with Crippen LogP contribution in [0.1, 0.15) is 12.5 Å². The van der Waals surface area contributed by atoms with E-state index in [0.717, 1.165) is 9.13 Å². The third-order valence-electron chi connectivity index (χ3n) is 2.42. The summed E-state index contributed by atoms with van der Waals surface area (Å²) in [6, 6.07) is 6.57. The quantitative estimate of drug-likeness (QED) is 0.706. The van der Waals surface area contributed by atoms with E-state index in [2.05, 4.69) is 27.9 Å². The van der Waals surface area contributed by atoms with Crippen molar-refractivity contribution >= 4 is 34.5 Å². The molecule has 0 saturated heterocycles. The van der Waals surface area contributed by atoms with Crippen LogP contribution in [0.15, 0.2) is 24.3 Å². The molecule has 0 saturated carbocycles. The Morgan fingerprint density at radius 1 is 1.37 bits per heavy atom. The van der Waals surface area contributed by atoms with E-state index in [4.69, 9.17) is 9.84 Å². The van der Waals surface area contributed by atoms with E-state index >= 15 is 0 Å². The number of carboxylic acids is 1. The van der Waals surface area contributed by atoms with E-state index in [-0.39, 0.29) is 13.0 Å². The first-order chi connectivity index (χ1) is 9.02. The highest BCUT2D eigenvalue weighted by atomic mass is 127. The lowest BCUT2D eigenvalue weighted by atomic mass is 10.1. The lowest BCUT2D eigenvalue weighted by molar-refractivity contribution is -0.142. The molecule has 19 heavy (non-hydrogen) atoms. The second kappa shape index (κ2) is 8.11. The number of hydrogen-bond acceptors (Lipinski definition) is 3. The fourth-order valence-corrected chi connectivity index (χ4v) is 1.85. The number of carbonyl (C=O) groups is 2. The maximum absolute atomic E-state index is 11.5. The molecule has 0 bridgehead atoms. The number of aliphatic carboxylic acids is 1. The number of halogens is 1. The van der Waals surface area contributed by atoms with Gasteiger partial charge in [0.25, 0.3) is 0 Å². The summed E-state index contributed by atoms with van der Waals surface area (Å²) < 4.78 is 6.01. The lowest BCUT2D eigenvalue weighted by Gasteiger charge is -2.14. The Morgan fingerprint density at radius 3 is 2.53 bits per heavy atom. The smallest absolute Gasteiger partial charge is 0.326 e. The highest BCUT2D eigenvalue weighted by molar-refractivity contribution is 14.1. The molecule has 0 aliphatic rings. The Bertz CT molecular complexity index is 433. The summed E-state index contributed by atoms with van der Waals surface area (Å²) in [5.41, 5.74) is 0.865. The molecule has 0 aromatic heterocycles. The Morgan fingerprint density at radius 2 is 2.00 bits per heavy atom. The predicted octanol–water partition coefficient (Wildman–Crippen LogP) is 1.44. The zero-order chi connectivity index (χ0) is 14.3. The van der Waals surface area contributed by atoms with E-state index in [1.54, 1.807) is 6.92 Å². The van der Waals surface area contributed by atoms with Crippen LogP contribution in [0, 0.1) is 3.57 Å². The van der Waals surface area contributed by atoms with Gasteiger partial charge in [-0.1, -0.05) is 12.1 Å². The molecule has 1 amide bonds. The largest absolute Gasteiger partial charge is 0.480 e. The van der Waals surface area contributed by atoms with Gasteiger partial charge in [-0.15, -0.1) is 0 Å². The van der Waals surface area contributed by atoms with Gasteiger partial charge in [-0.2, -0.15) is 0 Å². The molecule has 2 N–H and O–H groups in total. The summed E-state index contributed by atoms with van der Waals surface area (Å²) in [6.07, 6.45) is 0.254. The van der Waals surface area contributed by atoms with Crippen molar-refractivity contribution in [2.24, 2.45) is 0 Å². The zero-order valence-electron chi connectivity index (χ0n) is 10.6. The number of carbonyl (C=O) groups excluding carboxylic acids is 1. The van der Waals surface area contributed by atoms with Crippen molar-refractivity contribution < 1.29 is 19.4 Å². The van der Waals surface area contributed by atoms with Gasteiger partial charge in [0.05, 0.1) is 0 Å². The Balaban J connectivity index is 2.60. The molecule has 5 nitrogen and oxygen atoms in total. The van der Waals surface area contributed by atoms with E-state index in [1.807, 2.05) is 24.3 Å². The van der Waals surface area contributed by atoms with Crippen LogP contribution >= 0.6 is 22.6 Å². The van der Waals surface area contributed by atoms with Crippen LogP contribution in [0.5, 0.6) is 0 Å². The van der Waals surface area contributed by atoms with E-state index in [9.17, 15) is 9.59 Å². The first kappa shape index (κ1) is 15.9. The highest BCUT2D eigenvalue weighted by Gasteiger charge is 2.20. The second-order valence-corrected chi connectivity index (χ2v) is 5.17. The van der Waals surface area contributed by atoms with Crippen molar-refractivity contribution in [2.45, 2.75) is 19.4 Å². The topological polar surface area (TPSA) is 75.6 Å². The van der Waals surface area contributed by atoms with Crippen LogP contribution in [0.3, 0.4) is 0 Å². The van der Waals surface area contributed by atoms with Crippen LogP contribution in [0.2, 0.25) is 0 Å². The summed E-state index contributed by atoms with van der Waals surface area (Å²) >= 11 is 2.18. The third kappa shape index (κ3) is 6.02. The molecular formula is C13H16INO4. The molecule has 0 aliphatic heterocycles.